The highest BCUT2D eigenvalue weighted by atomic mass is 16.3. The van der Waals surface area contributed by atoms with Crippen LogP contribution in [0.1, 0.15) is 37.4 Å². The fourth-order valence-corrected chi connectivity index (χ4v) is 2.71. The van der Waals surface area contributed by atoms with Gasteiger partial charge in [0.25, 0.3) is 0 Å². The summed E-state index contributed by atoms with van der Waals surface area (Å²) in [5, 5.41) is 3.41. The molecule has 1 aromatic heterocycles. The van der Waals surface area contributed by atoms with Crippen LogP contribution in [0.4, 0.5) is 0 Å². The number of nitrogens with zero attached hydrogens (tertiary/aromatic N) is 2. The zero-order chi connectivity index (χ0) is 14.4. The molecule has 0 radical (unpaired) electrons. The molecule has 0 saturated carbocycles. The standard InChI is InChI=1S/C16H29N3O/c1-4-6-17-12-16-14(3)11-15(20-16)13-19-9-7-18(5-2)8-10-19/h11,17H,4-10,12-13H2,1-3H3. The number of likely N-dealkylation sites (N-methyl/N-ethyl adjacent to an activating group) is 1. The van der Waals surface area contributed by atoms with Gasteiger partial charge < -0.3 is 14.6 Å². The summed E-state index contributed by atoms with van der Waals surface area (Å²) in [4.78, 5) is 5.00. The Bertz CT molecular complexity index is 394. The predicted octanol–water partition coefficient (Wildman–Crippen LogP) is 2.23. The van der Waals surface area contributed by atoms with Crippen LogP contribution in [0.25, 0.3) is 0 Å². The number of piperazine rings is 1. The van der Waals surface area contributed by atoms with Crippen molar-refractivity contribution in [2.75, 3.05) is 39.3 Å². The van der Waals surface area contributed by atoms with E-state index in [9.17, 15) is 0 Å². The molecule has 1 fully saturated rings. The summed E-state index contributed by atoms with van der Waals surface area (Å²) in [6, 6.07) is 2.20. The van der Waals surface area contributed by atoms with Gasteiger partial charge in [-0.1, -0.05) is 13.8 Å². The van der Waals surface area contributed by atoms with Crippen molar-refractivity contribution >= 4 is 0 Å². The minimum Gasteiger partial charge on any atom is -0.463 e. The Kier molecular flexibility index (Phi) is 6.07. The largest absolute Gasteiger partial charge is 0.463 e. The third-order valence-electron chi connectivity index (χ3n) is 4.08. The van der Waals surface area contributed by atoms with E-state index in [0.29, 0.717) is 0 Å². The van der Waals surface area contributed by atoms with E-state index in [0.717, 1.165) is 50.7 Å². The van der Waals surface area contributed by atoms with Gasteiger partial charge in [0.1, 0.15) is 11.5 Å². The average Bonchev–Trinajstić information content (AvgIpc) is 2.80. The molecule has 0 aromatic carbocycles. The molecular weight excluding hydrogens is 250 g/mol. The lowest BCUT2D eigenvalue weighted by Crippen LogP contribution is -2.45. The first-order valence-corrected chi connectivity index (χ1v) is 7.96. The molecule has 0 bridgehead atoms. The first-order valence-electron chi connectivity index (χ1n) is 7.96. The van der Waals surface area contributed by atoms with Crippen LogP contribution in [0.3, 0.4) is 0 Å². The Hall–Kier alpha value is -0.840. The van der Waals surface area contributed by atoms with Gasteiger partial charge in [0.15, 0.2) is 0 Å². The molecule has 4 heteroatoms. The number of rotatable bonds is 7. The van der Waals surface area contributed by atoms with Crippen molar-refractivity contribution in [2.45, 2.75) is 40.3 Å². The van der Waals surface area contributed by atoms with Gasteiger partial charge in [0, 0.05) is 26.2 Å². The van der Waals surface area contributed by atoms with Crippen LogP contribution in [0.5, 0.6) is 0 Å². The van der Waals surface area contributed by atoms with Crippen LogP contribution >= 0.6 is 0 Å². The second kappa shape index (κ2) is 7.81. The molecule has 1 aliphatic rings. The molecule has 4 nitrogen and oxygen atoms in total. The summed E-state index contributed by atoms with van der Waals surface area (Å²) < 4.78 is 6.00. The van der Waals surface area contributed by atoms with E-state index in [4.69, 9.17) is 4.42 Å². The summed E-state index contributed by atoms with van der Waals surface area (Å²) in [6.45, 7) is 15.2. The summed E-state index contributed by atoms with van der Waals surface area (Å²) in [5.41, 5.74) is 1.27. The van der Waals surface area contributed by atoms with Crippen LogP contribution in [0, 0.1) is 6.92 Å². The number of furan rings is 1. The molecule has 114 valence electrons. The van der Waals surface area contributed by atoms with E-state index in [2.05, 4.69) is 42.0 Å². The maximum absolute atomic E-state index is 6.00. The monoisotopic (exact) mass is 279 g/mol. The average molecular weight is 279 g/mol. The Labute approximate surface area is 123 Å². The lowest BCUT2D eigenvalue weighted by atomic mass is 10.2. The predicted molar refractivity (Wildman–Crippen MR) is 82.8 cm³/mol. The Morgan fingerprint density at radius 2 is 1.85 bits per heavy atom. The second-order valence-corrected chi connectivity index (χ2v) is 5.71. The minimum atomic E-state index is 0.850. The first kappa shape index (κ1) is 15.5. The van der Waals surface area contributed by atoms with E-state index in [-0.39, 0.29) is 0 Å². The van der Waals surface area contributed by atoms with E-state index in [1.807, 2.05) is 0 Å². The first-order chi connectivity index (χ1) is 9.72. The molecule has 20 heavy (non-hydrogen) atoms. The van der Waals surface area contributed by atoms with E-state index >= 15 is 0 Å². The Morgan fingerprint density at radius 1 is 1.15 bits per heavy atom. The number of hydrogen-bond acceptors (Lipinski definition) is 4. The highest BCUT2D eigenvalue weighted by Gasteiger charge is 2.17. The summed E-state index contributed by atoms with van der Waals surface area (Å²) in [7, 11) is 0. The molecule has 1 saturated heterocycles. The zero-order valence-electron chi connectivity index (χ0n) is 13.2. The number of nitrogens with one attached hydrogen (secondary N) is 1. The van der Waals surface area contributed by atoms with Crippen molar-refractivity contribution in [3.05, 3.63) is 23.2 Å². The molecule has 1 aromatic rings. The smallest absolute Gasteiger partial charge is 0.120 e. The quantitative estimate of drug-likeness (QED) is 0.776. The van der Waals surface area contributed by atoms with Gasteiger partial charge in [0.2, 0.25) is 0 Å². The molecule has 0 aliphatic carbocycles. The number of aryl methyl sites for hydroxylation is 1. The lowest BCUT2D eigenvalue weighted by Gasteiger charge is -2.33. The Balaban J connectivity index is 1.82. The van der Waals surface area contributed by atoms with Gasteiger partial charge in [-0.15, -0.1) is 0 Å². The summed E-state index contributed by atoms with van der Waals surface area (Å²) >= 11 is 0. The normalized spacial score (nSPS) is 17.8. The minimum absolute atomic E-state index is 0.850. The SMILES string of the molecule is CCCNCc1oc(CN2CCN(CC)CC2)cc1C. The van der Waals surface area contributed by atoms with Crippen LogP contribution in [0.15, 0.2) is 10.5 Å². The van der Waals surface area contributed by atoms with Crippen LogP contribution in [-0.4, -0.2) is 49.1 Å². The van der Waals surface area contributed by atoms with E-state index in [1.165, 1.54) is 25.2 Å². The summed E-state index contributed by atoms with van der Waals surface area (Å²) in [6.07, 6.45) is 1.16. The highest BCUT2D eigenvalue weighted by molar-refractivity contribution is 5.20. The fraction of sp³-hybridized carbons (Fsp3) is 0.750. The molecule has 0 atom stereocenters. The molecule has 0 amide bonds. The molecule has 2 rings (SSSR count). The molecule has 1 N–H and O–H groups in total. The van der Waals surface area contributed by atoms with Gasteiger partial charge in [-0.2, -0.15) is 0 Å². The number of hydrogen-bond donors (Lipinski definition) is 1. The molecular formula is C16H29N3O. The van der Waals surface area contributed by atoms with Crippen LogP contribution in [0.2, 0.25) is 0 Å². The molecule has 0 unspecified atom stereocenters. The van der Waals surface area contributed by atoms with Crippen molar-refractivity contribution in [3.63, 3.8) is 0 Å². The maximum Gasteiger partial charge on any atom is 0.120 e. The molecule has 1 aliphatic heterocycles. The lowest BCUT2D eigenvalue weighted by molar-refractivity contribution is 0.125. The van der Waals surface area contributed by atoms with Crippen molar-refractivity contribution in [1.29, 1.82) is 0 Å². The van der Waals surface area contributed by atoms with Crippen LogP contribution < -0.4 is 5.32 Å². The maximum atomic E-state index is 6.00. The highest BCUT2D eigenvalue weighted by Crippen LogP contribution is 2.17. The topological polar surface area (TPSA) is 31.7 Å². The van der Waals surface area contributed by atoms with E-state index in [1.54, 1.807) is 0 Å². The van der Waals surface area contributed by atoms with Gasteiger partial charge in [0.05, 0.1) is 13.1 Å². The van der Waals surface area contributed by atoms with Crippen molar-refractivity contribution in [1.82, 2.24) is 15.1 Å². The van der Waals surface area contributed by atoms with Gasteiger partial charge in [-0.3, -0.25) is 4.90 Å². The van der Waals surface area contributed by atoms with Crippen molar-refractivity contribution in [2.24, 2.45) is 0 Å². The zero-order valence-corrected chi connectivity index (χ0v) is 13.2. The molecule has 0 spiro atoms. The fourth-order valence-electron chi connectivity index (χ4n) is 2.71. The van der Waals surface area contributed by atoms with E-state index < -0.39 is 0 Å². The van der Waals surface area contributed by atoms with Crippen molar-refractivity contribution in [3.8, 4) is 0 Å². The van der Waals surface area contributed by atoms with Crippen LogP contribution in [-0.2, 0) is 13.1 Å². The van der Waals surface area contributed by atoms with Gasteiger partial charge in [-0.25, -0.2) is 0 Å². The summed E-state index contributed by atoms with van der Waals surface area (Å²) in [5.74, 6) is 2.21. The molecule has 2 heterocycles. The van der Waals surface area contributed by atoms with Crippen molar-refractivity contribution < 1.29 is 4.42 Å². The second-order valence-electron chi connectivity index (χ2n) is 5.71. The van der Waals surface area contributed by atoms with Gasteiger partial charge >= 0.3 is 0 Å². The van der Waals surface area contributed by atoms with Gasteiger partial charge in [-0.05, 0) is 38.1 Å². The Morgan fingerprint density at radius 3 is 2.50 bits per heavy atom. The third-order valence-corrected chi connectivity index (χ3v) is 4.08. The third kappa shape index (κ3) is 4.33.